The number of hydrogen-bond donors (Lipinski definition) is 0. The van der Waals surface area contributed by atoms with E-state index in [4.69, 9.17) is 21.1 Å². The van der Waals surface area contributed by atoms with Crippen LogP contribution in [-0.4, -0.2) is 19.9 Å². The third-order valence-corrected chi connectivity index (χ3v) is 5.59. The zero-order valence-electron chi connectivity index (χ0n) is 14.3. The average molecular weight is 342 g/mol. The largest absolute Gasteiger partial charge is 0.497 e. The number of benzene rings is 2. The molecule has 0 saturated carbocycles. The van der Waals surface area contributed by atoms with E-state index in [0.717, 1.165) is 27.8 Å². The highest BCUT2D eigenvalue weighted by Gasteiger charge is 2.57. The molecule has 2 heterocycles. The molecule has 0 amide bonds. The highest BCUT2D eigenvalue weighted by atomic mass is 35.5. The molecule has 2 aromatic carbocycles. The molecular formula is C20H20ClNO2. The van der Waals surface area contributed by atoms with Crippen LogP contribution in [0.4, 0.5) is 5.69 Å². The maximum absolute atomic E-state index is 6.57. The highest BCUT2D eigenvalue weighted by Crippen LogP contribution is 2.54. The van der Waals surface area contributed by atoms with Crippen LogP contribution >= 0.6 is 11.6 Å². The van der Waals surface area contributed by atoms with Crippen LogP contribution in [0.3, 0.4) is 0 Å². The smallest absolute Gasteiger partial charge is 0.211 e. The van der Waals surface area contributed by atoms with E-state index in [2.05, 4.69) is 44.0 Å². The Morgan fingerprint density at radius 1 is 1.12 bits per heavy atom. The summed E-state index contributed by atoms with van der Waals surface area (Å²) in [5, 5.41) is 0.747. The normalized spacial score (nSPS) is 23.0. The van der Waals surface area contributed by atoms with E-state index in [0.29, 0.717) is 0 Å². The molecule has 4 rings (SSSR count). The van der Waals surface area contributed by atoms with Gasteiger partial charge in [0.25, 0.3) is 0 Å². The van der Waals surface area contributed by atoms with Crippen LogP contribution in [0.5, 0.6) is 11.5 Å². The van der Waals surface area contributed by atoms with Crippen LogP contribution in [0.25, 0.3) is 6.08 Å². The maximum atomic E-state index is 6.57. The Balaban J connectivity index is 1.85. The summed E-state index contributed by atoms with van der Waals surface area (Å²) in [4.78, 5) is 2.20. The second kappa shape index (κ2) is 4.93. The van der Waals surface area contributed by atoms with Crippen LogP contribution in [0.2, 0.25) is 5.02 Å². The monoisotopic (exact) mass is 341 g/mol. The second-order valence-corrected chi connectivity index (χ2v) is 7.32. The predicted octanol–water partition coefficient (Wildman–Crippen LogP) is 4.88. The van der Waals surface area contributed by atoms with Crippen molar-refractivity contribution in [1.82, 2.24) is 0 Å². The molecule has 2 aliphatic rings. The molecule has 0 aromatic heterocycles. The quantitative estimate of drug-likeness (QED) is 0.738. The molecule has 0 N–H and O–H groups in total. The summed E-state index contributed by atoms with van der Waals surface area (Å²) in [6, 6.07) is 11.9. The van der Waals surface area contributed by atoms with Gasteiger partial charge in [0.05, 0.1) is 12.5 Å². The lowest BCUT2D eigenvalue weighted by atomic mass is 9.76. The van der Waals surface area contributed by atoms with Crippen molar-refractivity contribution < 1.29 is 9.47 Å². The molecule has 3 nitrogen and oxygen atoms in total. The van der Waals surface area contributed by atoms with Gasteiger partial charge in [-0.3, -0.25) is 0 Å². The van der Waals surface area contributed by atoms with Crippen molar-refractivity contribution in [1.29, 1.82) is 0 Å². The van der Waals surface area contributed by atoms with E-state index in [1.165, 1.54) is 5.56 Å². The zero-order chi connectivity index (χ0) is 17.1. The first-order valence-corrected chi connectivity index (χ1v) is 8.37. The Kier molecular flexibility index (Phi) is 3.17. The third-order valence-electron chi connectivity index (χ3n) is 5.36. The minimum absolute atomic E-state index is 0.254. The molecule has 0 bridgehead atoms. The van der Waals surface area contributed by atoms with Gasteiger partial charge in [0, 0.05) is 23.3 Å². The van der Waals surface area contributed by atoms with Gasteiger partial charge < -0.3 is 14.4 Å². The molecule has 0 saturated heterocycles. The summed E-state index contributed by atoms with van der Waals surface area (Å²) in [7, 11) is 3.74. The first-order chi connectivity index (χ1) is 11.4. The van der Waals surface area contributed by atoms with Crippen LogP contribution in [0, 0.1) is 0 Å². The predicted molar refractivity (Wildman–Crippen MR) is 98.3 cm³/mol. The molecular weight excluding hydrogens is 322 g/mol. The SMILES string of the molecule is COc1ccc2c(c1)C=C[C@]1(O2)N(C)c2ccc(Cl)cc2C1(C)C. The fourth-order valence-electron chi connectivity index (χ4n) is 3.89. The van der Waals surface area contributed by atoms with Crippen molar-refractivity contribution in [3.63, 3.8) is 0 Å². The van der Waals surface area contributed by atoms with Gasteiger partial charge in [-0.2, -0.15) is 0 Å². The van der Waals surface area contributed by atoms with Gasteiger partial charge in [-0.25, -0.2) is 0 Å². The van der Waals surface area contributed by atoms with Gasteiger partial charge in [0.2, 0.25) is 5.72 Å². The lowest BCUT2D eigenvalue weighted by Gasteiger charge is -2.45. The summed E-state index contributed by atoms with van der Waals surface area (Å²) >= 11 is 6.25. The van der Waals surface area contributed by atoms with E-state index >= 15 is 0 Å². The van der Waals surface area contributed by atoms with E-state index in [-0.39, 0.29) is 5.41 Å². The fraction of sp³-hybridized carbons (Fsp3) is 0.300. The first-order valence-electron chi connectivity index (χ1n) is 7.99. The summed E-state index contributed by atoms with van der Waals surface area (Å²) in [5.41, 5.74) is 2.53. The number of rotatable bonds is 1. The molecule has 124 valence electrons. The number of likely N-dealkylation sites (N-methyl/N-ethyl adjacent to an activating group) is 1. The maximum Gasteiger partial charge on any atom is 0.211 e. The second-order valence-electron chi connectivity index (χ2n) is 6.88. The van der Waals surface area contributed by atoms with E-state index < -0.39 is 5.72 Å². The minimum atomic E-state index is -0.582. The van der Waals surface area contributed by atoms with Crippen molar-refractivity contribution >= 4 is 23.4 Å². The molecule has 0 radical (unpaired) electrons. The van der Waals surface area contributed by atoms with Crippen molar-refractivity contribution in [2.75, 3.05) is 19.1 Å². The lowest BCUT2D eigenvalue weighted by molar-refractivity contribution is 0.0581. The van der Waals surface area contributed by atoms with Crippen molar-refractivity contribution in [2.45, 2.75) is 25.0 Å². The van der Waals surface area contributed by atoms with E-state index in [1.54, 1.807) is 7.11 Å². The molecule has 0 unspecified atom stereocenters. The molecule has 0 aliphatic carbocycles. The topological polar surface area (TPSA) is 21.7 Å². The molecule has 1 spiro atoms. The minimum Gasteiger partial charge on any atom is -0.497 e. The van der Waals surface area contributed by atoms with Crippen molar-refractivity contribution in [3.8, 4) is 11.5 Å². The molecule has 4 heteroatoms. The molecule has 0 fully saturated rings. The van der Waals surface area contributed by atoms with Crippen LogP contribution in [0.15, 0.2) is 42.5 Å². The summed E-state index contributed by atoms with van der Waals surface area (Å²) in [6.45, 7) is 4.40. The van der Waals surface area contributed by atoms with Crippen LogP contribution < -0.4 is 14.4 Å². The Labute approximate surface area is 147 Å². The average Bonchev–Trinajstić information content (AvgIpc) is 2.73. The van der Waals surface area contributed by atoms with Crippen LogP contribution in [-0.2, 0) is 5.41 Å². The number of hydrogen-bond acceptors (Lipinski definition) is 3. The van der Waals surface area contributed by atoms with Crippen LogP contribution in [0.1, 0.15) is 25.0 Å². The van der Waals surface area contributed by atoms with Gasteiger partial charge in [-0.1, -0.05) is 11.6 Å². The summed E-state index contributed by atoms with van der Waals surface area (Å²) < 4.78 is 11.9. The van der Waals surface area contributed by atoms with Crippen molar-refractivity contribution in [2.24, 2.45) is 0 Å². The van der Waals surface area contributed by atoms with Gasteiger partial charge in [0.1, 0.15) is 11.5 Å². The number of methoxy groups -OCH3 is 1. The van der Waals surface area contributed by atoms with Gasteiger partial charge in [0.15, 0.2) is 0 Å². The Morgan fingerprint density at radius 3 is 2.67 bits per heavy atom. The van der Waals surface area contributed by atoms with E-state index in [1.807, 2.05) is 30.3 Å². The Bertz CT molecular complexity index is 859. The number of fused-ring (bicyclic) bond motifs is 2. The standard InChI is InChI=1S/C20H20ClNO2/c1-19(2)16-12-14(21)5-7-17(16)22(3)20(19)10-9-13-11-15(23-4)6-8-18(13)24-20/h5-12H,1-4H3/t20-/m1/s1. The van der Waals surface area contributed by atoms with Gasteiger partial charge >= 0.3 is 0 Å². The number of halogens is 1. The highest BCUT2D eigenvalue weighted by molar-refractivity contribution is 6.30. The third kappa shape index (κ3) is 1.85. The van der Waals surface area contributed by atoms with Crippen molar-refractivity contribution in [3.05, 3.63) is 58.6 Å². The number of nitrogens with zero attached hydrogens (tertiary/aromatic N) is 1. The Morgan fingerprint density at radius 2 is 1.92 bits per heavy atom. The zero-order valence-corrected chi connectivity index (χ0v) is 15.0. The number of ether oxygens (including phenoxy) is 2. The molecule has 24 heavy (non-hydrogen) atoms. The first kappa shape index (κ1) is 15.4. The Hall–Kier alpha value is -2.13. The number of anilines is 1. The van der Waals surface area contributed by atoms with E-state index in [9.17, 15) is 0 Å². The molecule has 1 atom stereocenters. The van der Waals surface area contributed by atoms with Gasteiger partial charge in [-0.15, -0.1) is 0 Å². The lowest BCUT2D eigenvalue weighted by Crippen LogP contribution is -2.58. The van der Waals surface area contributed by atoms with Gasteiger partial charge in [-0.05, 0) is 68.0 Å². The molecule has 2 aromatic rings. The summed E-state index contributed by atoms with van der Waals surface area (Å²) in [6.07, 6.45) is 4.26. The summed E-state index contributed by atoms with van der Waals surface area (Å²) in [5.74, 6) is 1.68. The molecule has 2 aliphatic heterocycles. The fourth-order valence-corrected chi connectivity index (χ4v) is 4.06.